The zero-order valence-corrected chi connectivity index (χ0v) is 16.1. The van der Waals surface area contributed by atoms with E-state index in [0.29, 0.717) is 24.4 Å². The van der Waals surface area contributed by atoms with E-state index < -0.39 is 0 Å². The number of carbonyl (C=O) groups is 2. The van der Waals surface area contributed by atoms with Crippen LogP contribution in [0.25, 0.3) is 11.1 Å². The van der Waals surface area contributed by atoms with E-state index in [1.807, 2.05) is 36.4 Å². The average Bonchev–Trinajstić information content (AvgIpc) is 2.67. The van der Waals surface area contributed by atoms with E-state index in [2.05, 4.69) is 12.1 Å². The van der Waals surface area contributed by atoms with Crippen LogP contribution in [0.15, 0.2) is 60.0 Å². The van der Waals surface area contributed by atoms with Crippen LogP contribution in [0.1, 0.15) is 48.9 Å². The first-order chi connectivity index (χ1) is 13.5. The monoisotopic (exact) mass is 374 g/mol. The number of hydrogen-bond donors (Lipinski definition) is 0. The average molecular weight is 374 g/mol. The van der Waals surface area contributed by atoms with Crippen LogP contribution in [0.4, 0.5) is 0 Å². The molecule has 0 aromatic heterocycles. The number of aryl methyl sites for hydroxylation is 2. The Morgan fingerprint density at radius 2 is 1.04 bits per heavy atom. The summed E-state index contributed by atoms with van der Waals surface area (Å²) in [5.41, 5.74) is 6.18. The Labute approximate surface area is 164 Å². The topological polar surface area (TPSA) is 52.6 Å². The van der Waals surface area contributed by atoms with Gasteiger partial charge in [0.1, 0.15) is 11.5 Å². The lowest BCUT2D eigenvalue weighted by molar-refractivity contribution is -0.138. The van der Waals surface area contributed by atoms with Crippen molar-refractivity contribution >= 4 is 23.1 Å². The maximum Gasteiger partial charge on any atom is 0.307 e. The molecule has 0 saturated heterocycles. The standard InChI is InChI=1S/C24H22O4/c1-15(25)27-21-13-11-17-7-3-5-9-19(17)23(21)24-20-10-6-4-8-18(20)12-14-22(24)28-16(2)26/h3-10H,11-14H2,1-2H3. The number of fused-ring (bicyclic) bond motifs is 2. The quantitative estimate of drug-likeness (QED) is 0.722. The minimum Gasteiger partial charge on any atom is -0.431 e. The Kier molecular flexibility index (Phi) is 4.86. The largest absolute Gasteiger partial charge is 0.431 e. The highest BCUT2D eigenvalue weighted by Gasteiger charge is 2.31. The highest BCUT2D eigenvalue weighted by Crippen LogP contribution is 2.46. The summed E-state index contributed by atoms with van der Waals surface area (Å²) in [6.07, 6.45) is 2.87. The van der Waals surface area contributed by atoms with Gasteiger partial charge in [-0.15, -0.1) is 0 Å². The number of benzene rings is 2. The molecule has 4 nitrogen and oxygen atoms in total. The Bertz CT molecular complexity index is 943. The summed E-state index contributed by atoms with van der Waals surface area (Å²) in [6, 6.07) is 16.3. The fourth-order valence-corrected chi connectivity index (χ4v) is 4.11. The molecule has 0 saturated carbocycles. The van der Waals surface area contributed by atoms with Crippen molar-refractivity contribution in [3.8, 4) is 0 Å². The van der Waals surface area contributed by atoms with Gasteiger partial charge in [0.05, 0.1) is 0 Å². The second-order valence-corrected chi connectivity index (χ2v) is 7.10. The molecular formula is C24H22O4. The van der Waals surface area contributed by atoms with Crippen molar-refractivity contribution in [3.05, 3.63) is 82.3 Å². The lowest BCUT2D eigenvalue weighted by Gasteiger charge is -2.29. The molecule has 142 valence electrons. The summed E-state index contributed by atoms with van der Waals surface area (Å²) in [5.74, 6) is 0.598. The van der Waals surface area contributed by atoms with E-state index >= 15 is 0 Å². The molecule has 0 spiro atoms. The van der Waals surface area contributed by atoms with Crippen LogP contribution < -0.4 is 0 Å². The van der Waals surface area contributed by atoms with Crippen LogP contribution in [-0.4, -0.2) is 11.9 Å². The summed E-state index contributed by atoms with van der Waals surface area (Å²) >= 11 is 0. The van der Waals surface area contributed by atoms with Gasteiger partial charge in [0, 0.05) is 37.8 Å². The third-order valence-electron chi connectivity index (χ3n) is 5.16. The molecule has 0 radical (unpaired) electrons. The Balaban J connectivity index is 2.01. The molecular weight excluding hydrogens is 352 g/mol. The fraction of sp³-hybridized carbons (Fsp3) is 0.250. The molecule has 2 aliphatic carbocycles. The third kappa shape index (κ3) is 3.38. The van der Waals surface area contributed by atoms with Crippen LogP contribution in [-0.2, 0) is 31.9 Å². The van der Waals surface area contributed by atoms with Crippen LogP contribution >= 0.6 is 0 Å². The van der Waals surface area contributed by atoms with Gasteiger partial charge < -0.3 is 9.47 Å². The van der Waals surface area contributed by atoms with Crippen LogP contribution in [0.5, 0.6) is 0 Å². The van der Waals surface area contributed by atoms with Crippen LogP contribution in [0, 0.1) is 0 Å². The molecule has 28 heavy (non-hydrogen) atoms. The Morgan fingerprint density at radius 1 is 0.643 bits per heavy atom. The van der Waals surface area contributed by atoms with Gasteiger partial charge in [0.25, 0.3) is 0 Å². The molecule has 2 aromatic carbocycles. The Hall–Kier alpha value is -3.14. The van der Waals surface area contributed by atoms with E-state index in [0.717, 1.165) is 35.1 Å². The Morgan fingerprint density at radius 3 is 1.43 bits per heavy atom. The molecule has 0 unspecified atom stereocenters. The molecule has 2 aromatic rings. The second kappa shape index (κ2) is 7.47. The van der Waals surface area contributed by atoms with Crippen molar-refractivity contribution in [1.29, 1.82) is 0 Å². The van der Waals surface area contributed by atoms with Crippen molar-refractivity contribution < 1.29 is 19.1 Å². The maximum atomic E-state index is 11.8. The molecule has 0 heterocycles. The highest BCUT2D eigenvalue weighted by atomic mass is 16.5. The number of rotatable bonds is 3. The highest BCUT2D eigenvalue weighted by molar-refractivity contribution is 6.09. The summed E-state index contributed by atoms with van der Waals surface area (Å²) in [4.78, 5) is 23.6. The summed E-state index contributed by atoms with van der Waals surface area (Å²) < 4.78 is 11.3. The van der Waals surface area contributed by atoms with Crippen molar-refractivity contribution in [3.63, 3.8) is 0 Å². The van der Waals surface area contributed by atoms with Crippen molar-refractivity contribution in [1.82, 2.24) is 0 Å². The smallest absolute Gasteiger partial charge is 0.307 e. The van der Waals surface area contributed by atoms with Gasteiger partial charge >= 0.3 is 11.9 Å². The predicted octanol–water partition coefficient (Wildman–Crippen LogP) is 4.83. The SMILES string of the molecule is CC(=O)OC1=C(C2=C(OC(C)=O)CCc3ccccc32)c2ccccc2CC1. The van der Waals surface area contributed by atoms with Gasteiger partial charge in [-0.3, -0.25) is 9.59 Å². The van der Waals surface area contributed by atoms with E-state index in [9.17, 15) is 9.59 Å². The molecule has 0 amide bonds. The van der Waals surface area contributed by atoms with E-state index in [4.69, 9.17) is 9.47 Å². The van der Waals surface area contributed by atoms with Crippen molar-refractivity contribution in [2.75, 3.05) is 0 Å². The molecule has 2 aliphatic rings. The molecule has 4 heteroatoms. The van der Waals surface area contributed by atoms with Gasteiger partial charge in [-0.1, -0.05) is 48.5 Å². The fourth-order valence-electron chi connectivity index (χ4n) is 4.11. The van der Waals surface area contributed by atoms with Crippen molar-refractivity contribution in [2.45, 2.75) is 39.5 Å². The van der Waals surface area contributed by atoms with Gasteiger partial charge in [0.2, 0.25) is 0 Å². The molecule has 0 fully saturated rings. The normalized spacial score (nSPS) is 15.6. The molecule has 0 N–H and O–H groups in total. The third-order valence-corrected chi connectivity index (χ3v) is 5.16. The van der Waals surface area contributed by atoms with Gasteiger partial charge in [-0.25, -0.2) is 0 Å². The van der Waals surface area contributed by atoms with Crippen LogP contribution in [0.3, 0.4) is 0 Å². The zero-order valence-electron chi connectivity index (χ0n) is 16.1. The number of esters is 2. The number of carbonyl (C=O) groups excluding carboxylic acids is 2. The minimum absolute atomic E-state index is 0.342. The second-order valence-electron chi connectivity index (χ2n) is 7.10. The molecule has 4 rings (SSSR count). The van der Waals surface area contributed by atoms with E-state index in [-0.39, 0.29) is 11.9 Å². The maximum absolute atomic E-state index is 11.8. The summed E-state index contributed by atoms with van der Waals surface area (Å²) in [6.45, 7) is 2.84. The first-order valence-electron chi connectivity index (χ1n) is 9.54. The van der Waals surface area contributed by atoms with Crippen molar-refractivity contribution in [2.24, 2.45) is 0 Å². The van der Waals surface area contributed by atoms with Gasteiger partial charge in [0.15, 0.2) is 0 Å². The van der Waals surface area contributed by atoms with Crippen LogP contribution in [0.2, 0.25) is 0 Å². The first kappa shape index (κ1) is 18.2. The minimum atomic E-state index is -0.342. The summed E-state index contributed by atoms with van der Waals surface area (Å²) in [5, 5.41) is 0. The predicted molar refractivity (Wildman–Crippen MR) is 107 cm³/mol. The van der Waals surface area contributed by atoms with Gasteiger partial charge in [-0.2, -0.15) is 0 Å². The van der Waals surface area contributed by atoms with E-state index in [1.54, 1.807) is 0 Å². The molecule has 0 aliphatic heterocycles. The zero-order chi connectivity index (χ0) is 19.7. The van der Waals surface area contributed by atoms with Gasteiger partial charge in [-0.05, 0) is 35.1 Å². The lowest BCUT2D eigenvalue weighted by Crippen LogP contribution is -2.16. The molecule has 0 atom stereocenters. The number of ether oxygens (including phenoxy) is 2. The van der Waals surface area contributed by atoms with E-state index in [1.165, 1.54) is 25.0 Å². The molecule has 0 bridgehead atoms. The number of hydrogen-bond acceptors (Lipinski definition) is 4. The lowest BCUT2D eigenvalue weighted by atomic mass is 9.78. The number of allylic oxidation sites excluding steroid dienone is 4. The first-order valence-corrected chi connectivity index (χ1v) is 9.54. The summed E-state index contributed by atoms with van der Waals surface area (Å²) in [7, 11) is 0.